The highest BCUT2D eigenvalue weighted by Gasteiger charge is 2.10. The highest BCUT2D eigenvalue weighted by molar-refractivity contribution is 5.69. The first-order chi connectivity index (χ1) is 15.6. The van der Waals surface area contributed by atoms with Crippen LogP contribution in [0.25, 0.3) is 5.57 Å². The van der Waals surface area contributed by atoms with Crippen LogP contribution in [-0.4, -0.2) is 27.9 Å². The molecule has 0 saturated carbocycles. The lowest BCUT2D eigenvalue weighted by molar-refractivity contribution is 0.354. The molecule has 0 amide bonds. The highest BCUT2D eigenvalue weighted by atomic mass is 16.5. The number of hydrogen-bond donors (Lipinski definition) is 1. The van der Waals surface area contributed by atoms with E-state index in [1.165, 1.54) is 28.0 Å². The molecule has 0 radical (unpaired) electrons. The zero-order chi connectivity index (χ0) is 22.8. The van der Waals surface area contributed by atoms with Crippen molar-refractivity contribution in [2.24, 2.45) is 0 Å². The monoisotopic (exact) mass is 431 g/mol. The minimum atomic E-state index is 0.749. The molecule has 3 rings (SSSR count). The van der Waals surface area contributed by atoms with Gasteiger partial charge in [0.2, 0.25) is 0 Å². The number of allylic oxidation sites excluding steroid dienone is 2. The summed E-state index contributed by atoms with van der Waals surface area (Å²) in [7, 11) is 5.03. The summed E-state index contributed by atoms with van der Waals surface area (Å²) in [6, 6.07) is 25.0. The number of nitrogens with one attached hydrogen (secondary N) is 1. The molecule has 3 aromatic rings. The summed E-state index contributed by atoms with van der Waals surface area (Å²) in [6.07, 6.45) is 2.77. The van der Waals surface area contributed by atoms with Gasteiger partial charge in [-0.3, -0.25) is 0 Å². The number of rotatable bonds is 11. The Morgan fingerprint density at radius 2 is 1.50 bits per heavy atom. The van der Waals surface area contributed by atoms with E-state index in [0.29, 0.717) is 0 Å². The molecule has 168 valence electrons. The van der Waals surface area contributed by atoms with Gasteiger partial charge >= 0.3 is 0 Å². The molecule has 4 heteroatoms. The molecule has 4 nitrogen and oxygen atoms in total. The van der Waals surface area contributed by atoms with E-state index in [1.807, 2.05) is 18.2 Å². The summed E-state index contributed by atoms with van der Waals surface area (Å²) in [5.74, 6) is 2.37. The largest absolute Gasteiger partial charge is 0.497 e. The standard InChI is InChI=1S/C28H33NO3/c1-21(29-18-17-22-9-6-5-7-10-22)26(24-11-8-12-25(20-24)30-2)15-13-23-14-16-27(31-3)28(19-23)32-4/h5-12,14,16,19-20,29H,13,15,17-18H2,1-4H3/b26-21-. The van der Waals surface area contributed by atoms with Gasteiger partial charge in [0.1, 0.15) is 5.75 Å². The van der Waals surface area contributed by atoms with Crippen LogP contribution in [0.4, 0.5) is 0 Å². The van der Waals surface area contributed by atoms with Gasteiger partial charge in [-0.2, -0.15) is 0 Å². The topological polar surface area (TPSA) is 39.7 Å². The van der Waals surface area contributed by atoms with Gasteiger partial charge in [-0.15, -0.1) is 0 Å². The smallest absolute Gasteiger partial charge is 0.160 e. The fourth-order valence-corrected chi connectivity index (χ4v) is 3.81. The third-order valence-electron chi connectivity index (χ3n) is 5.63. The number of ether oxygens (including phenoxy) is 3. The Labute approximate surface area is 191 Å². The lowest BCUT2D eigenvalue weighted by atomic mass is 9.96. The third-order valence-corrected chi connectivity index (χ3v) is 5.63. The van der Waals surface area contributed by atoms with E-state index in [1.54, 1.807) is 21.3 Å². The molecule has 0 aliphatic carbocycles. The van der Waals surface area contributed by atoms with Gasteiger partial charge in [0.15, 0.2) is 11.5 Å². The lowest BCUT2D eigenvalue weighted by Gasteiger charge is -2.16. The van der Waals surface area contributed by atoms with Gasteiger partial charge in [-0.25, -0.2) is 0 Å². The highest BCUT2D eigenvalue weighted by Crippen LogP contribution is 2.30. The average Bonchev–Trinajstić information content (AvgIpc) is 2.84. The van der Waals surface area contributed by atoms with E-state index < -0.39 is 0 Å². The Bertz CT molecular complexity index is 1030. The Balaban J connectivity index is 1.79. The number of hydrogen-bond acceptors (Lipinski definition) is 4. The summed E-state index contributed by atoms with van der Waals surface area (Å²) in [5.41, 5.74) is 6.19. The van der Waals surface area contributed by atoms with E-state index in [9.17, 15) is 0 Å². The quantitative estimate of drug-likeness (QED) is 0.410. The summed E-state index contributed by atoms with van der Waals surface area (Å²) in [5, 5.41) is 3.64. The molecular formula is C28H33NO3. The molecule has 0 bridgehead atoms. The molecule has 0 atom stereocenters. The first-order valence-electron chi connectivity index (χ1n) is 11.0. The van der Waals surface area contributed by atoms with Crippen molar-refractivity contribution in [3.05, 3.63) is 95.2 Å². The second kappa shape index (κ2) is 11.8. The minimum absolute atomic E-state index is 0.749. The molecule has 0 aliphatic rings. The maximum absolute atomic E-state index is 5.48. The Morgan fingerprint density at radius 1 is 0.719 bits per heavy atom. The van der Waals surface area contributed by atoms with Crippen molar-refractivity contribution in [1.82, 2.24) is 5.32 Å². The number of aryl methyl sites for hydroxylation is 1. The fourth-order valence-electron chi connectivity index (χ4n) is 3.81. The van der Waals surface area contributed by atoms with Crippen LogP contribution >= 0.6 is 0 Å². The van der Waals surface area contributed by atoms with Crippen molar-refractivity contribution < 1.29 is 14.2 Å². The van der Waals surface area contributed by atoms with E-state index >= 15 is 0 Å². The van der Waals surface area contributed by atoms with Crippen molar-refractivity contribution >= 4 is 5.57 Å². The van der Waals surface area contributed by atoms with E-state index in [2.05, 4.69) is 66.8 Å². The van der Waals surface area contributed by atoms with Gasteiger partial charge in [0.25, 0.3) is 0 Å². The molecule has 0 aromatic heterocycles. The molecule has 0 unspecified atom stereocenters. The van der Waals surface area contributed by atoms with Crippen LogP contribution in [0, 0.1) is 0 Å². The van der Waals surface area contributed by atoms with Crippen molar-refractivity contribution in [3.8, 4) is 17.2 Å². The Morgan fingerprint density at radius 3 is 2.22 bits per heavy atom. The van der Waals surface area contributed by atoms with E-state index in [0.717, 1.165) is 43.1 Å². The number of benzene rings is 3. The van der Waals surface area contributed by atoms with E-state index in [4.69, 9.17) is 14.2 Å². The Hall–Kier alpha value is -3.40. The van der Waals surface area contributed by atoms with E-state index in [-0.39, 0.29) is 0 Å². The van der Waals surface area contributed by atoms with Gasteiger partial charge in [-0.1, -0.05) is 48.5 Å². The van der Waals surface area contributed by atoms with Gasteiger partial charge in [-0.05, 0) is 72.7 Å². The van der Waals surface area contributed by atoms with Crippen molar-refractivity contribution in [3.63, 3.8) is 0 Å². The maximum atomic E-state index is 5.48. The zero-order valence-corrected chi connectivity index (χ0v) is 19.5. The molecule has 0 saturated heterocycles. The van der Waals surface area contributed by atoms with Crippen LogP contribution < -0.4 is 19.5 Å². The molecule has 0 heterocycles. The molecular weight excluding hydrogens is 398 g/mol. The van der Waals surface area contributed by atoms with Gasteiger partial charge in [0, 0.05) is 12.2 Å². The van der Waals surface area contributed by atoms with Crippen LogP contribution in [0.5, 0.6) is 17.2 Å². The van der Waals surface area contributed by atoms with Crippen molar-refractivity contribution in [2.75, 3.05) is 27.9 Å². The van der Waals surface area contributed by atoms with Gasteiger partial charge < -0.3 is 19.5 Å². The fraction of sp³-hybridized carbons (Fsp3) is 0.286. The van der Waals surface area contributed by atoms with Crippen LogP contribution in [0.2, 0.25) is 0 Å². The molecule has 32 heavy (non-hydrogen) atoms. The molecule has 0 aliphatic heterocycles. The Kier molecular flexibility index (Phi) is 8.61. The average molecular weight is 432 g/mol. The molecule has 0 fully saturated rings. The van der Waals surface area contributed by atoms with Gasteiger partial charge in [0.05, 0.1) is 21.3 Å². The maximum Gasteiger partial charge on any atom is 0.160 e. The predicted molar refractivity (Wildman–Crippen MR) is 132 cm³/mol. The molecule has 0 spiro atoms. The minimum Gasteiger partial charge on any atom is -0.497 e. The second-order valence-corrected chi connectivity index (χ2v) is 7.69. The van der Waals surface area contributed by atoms with Crippen molar-refractivity contribution in [1.29, 1.82) is 0 Å². The summed E-state index contributed by atoms with van der Waals surface area (Å²) < 4.78 is 16.3. The second-order valence-electron chi connectivity index (χ2n) is 7.69. The van der Waals surface area contributed by atoms with Crippen LogP contribution in [0.3, 0.4) is 0 Å². The predicted octanol–water partition coefficient (Wildman–Crippen LogP) is 5.91. The number of methoxy groups -OCH3 is 3. The SMILES string of the molecule is COc1cccc(/C(CCc2ccc(OC)c(OC)c2)=C(/C)NCCc2ccccc2)c1. The summed E-state index contributed by atoms with van der Waals surface area (Å²) in [4.78, 5) is 0. The first-order valence-corrected chi connectivity index (χ1v) is 11.0. The third kappa shape index (κ3) is 6.30. The summed E-state index contributed by atoms with van der Waals surface area (Å²) in [6.45, 7) is 3.05. The van der Waals surface area contributed by atoms with Crippen LogP contribution in [-0.2, 0) is 12.8 Å². The zero-order valence-electron chi connectivity index (χ0n) is 19.5. The van der Waals surface area contributed by atoms with Crippen LogP contribution in [0.1, 0.15) is 30.0 Å². The van der Waals surface area contributed by atoms with Crippen molar-refractivity contribution in [2.45, 2.75) is 26.2 Å². The first kappa shape index (κ1) is 23.3. The lowest BCUT2D eigenvalue weighted by Crippen LogP contribution is -2.16. The molecule has 1 N–H and O–H groups in total. The normalized spacial score (nSPS) is 11.5. The van der Waals surface area contributed by atoms with Crippen LogP contribution in [0.15, 0.2) is 78.5 Å². The molecule has 3 aromatic carbocycles. The summed E-state index contributed by atoms with van der Waals surface area (Å²) >= 11 is 0.